The number of aromatic nitrogens is 1. The van der Waals surface area contributed by atoms with E-state index < -0.39 is 10.0 Å². The smallest absolute Gasteiger partial charge is 0.272 e. The predicted molar refractivity (Wildman–Crippen MR) is 121 cm³/mol. The van der Waals surface area contributed by atoms with Crippen molar-refractivity contribution in [3.8, 4) is 0 Å². The van der Waals surface area contributed by atoms with Crippen LogP contribution in [0.1, 0.15) is 55.1 Å². The summed E-state index contributed by atoms with van der Waals surface area (Å²) in [4.78, 5) is 18.0. The SMILES string of the molecule is CC1CCN(Cc2ccc(NC(=O)c3cc(S(=O)(=O)N4CCCCC4)c[nH]3)cc2)CC1. The first-order valence-electron chi connectivity index (χ1n) is 11.2. The Morgan fingerprint density at radius 1 is 1.06 bits per heavy atom. The van der Waals surface area contributed by atoms with Gasteiger partial charge in [0.2, 0.25) is 10.0 Å². The van der Waals surface area contributed by atoms with Crippen molar-refractivity contribution in [1.29, 1.82) is 0 Å². The average molecular weight is 445 g/mol. The van der Waals surface area contributed by atoms with Gasteiger partial charge in [-0.2, -0.15) is 4.31 Å². The van der Waals surface area contributed by atoms with Gasteiger partial charge in [0.1, 0.15) is 10.6 Å². The first-order chi connectivity index (χ1) is 14.9. The molecular weight excluding hydrogens is 412 g/mol. The molecule has 3 heterocycles. The molecule has 0 saturated carbocycles. The molecule has 2 fully saturated rings. The summed E-state index contributed by atoms with van der Waals surface area (Å²) in [6.07, 6.45) is 6.72. The lowest BCUT2D eigenvalue weighted by Crippen LogP contribution is -2.35. The summed E-state index contributed by atoms with van der Waals surface area (Å²) in [5.41, 5.74) is 2.15. The Bertz CT molecular complexity index is 986. The molecule has 0 radical (unpaired) electrons. The molecule has 0 atom stereocenters. The molecule has 2 saturated heterocycles. The predicted octanol–water partition coefficient (Wildman–Crippen LogP) is 3.67. The van der Waals surface area contributed by atoms with Crippen molar-refractivity contribution in [3.05, 3.63) is 47.8 Å². The van der Waals surface area contributed by atoms with Gasteiger partial charge in [-0.05, 0) is 68.5 Å². The third kappa shape index (κ3) is 5.37. The third-order valence-electron chi connectivity index (χ3n) is 6.35. The number of nitrogens with one attached hydrogen (secondary N) is 2. The highest BCUT2D eigenvalue weighted by Crippen LogP contribution is 2.22. The van der Waals surface area contributed by atoms with E-state index >= 15 is 0 Å². The van der Waals surface area contributed by atoms with E-state index in [2.05, 4.69) is 22.1 Å². The summed E-state index contributed by atoms with van der Waals surface area (Å²) >= 11 is 0. The van der Waals surface area contributed by atoms with Gasteiger partial charge >= 0.3 is 0 Å². The van der Waals surface area contributed by atoms with E-state index in [-0.39, 0.29) is 16.5 Å². The van der Waals surface area contributed by atoms with Gasteiger partial charge in [-0.15, -0.1) is 0 Å². The summed E-state index contributed by atoms with van der Waals surface area (Å²) in [6, 6.07) is 9.29. The fourth-order valence-corrected chi connectivity index (χ4v) is 5.79. The van der Waals surface area contributed by atoms with Gasteiger partial charge in [-0.3, -0.25) is 9.69 Å². The molecule has 1 aromatic heterocycles. The van der Waals surface area contributed by atoms with Crippen LogP contribution in [0.5, 0.6) is 0 Å². The number of benzene rings is 1. The fraction of sp³-hybridized carbons (Fsp3) is 0.522. The zero-order valence-corrected chi connectivity index (χ0v) is 19.0. The number of hydrogen-bond donors (Lipinski definition) is 2. The number of amides is 1. The summed E-state index contributed by atoms with van der Waals surface area (Å²) < 4.78 is 27.0. The zero-order chi connectivity index (χ0) is 21.8. The average Bonchev–Trinajstić information content (AvgIpc) is 3.29. The molecule has 0 spiro atoms. The Morgan fingerprint density at radius 2 is 1.74 bits per heavy atom. The number of rotatable bonds is 6. The lowest BCUT2D eigenvalue weighted by molar-refractivity contribution is 0.102. The molecule has 31 heavy (non-hydrogen) atoms. The maximum absolute atomic E-state index is 12.8. The Kier molecular flexibility index (Phi) is 6.79. The quantitative estimate of drug-likeness (QED) is 0.712. The lowest BCUT2D eigenvalue weighted by atomic mass is 9.99. The van der Waals surface area contributed by atoms with E-state index in [9.17, 15) is 13.2 Å². The second-order valence-corrected chi connectivity index (χ2v) is 10.8. The molecule has 168 valence electrons. The second kappa shape index (κ2) is 9.54. The monoisotopic (exact) mass is 444 g/mol. The summed E-state index contributed by atoms with van der Waals surface area (Å²) in [5.74, 6) is 0.468. The Hall–Kier alpha value is -2.16. The minimum Gasteiger partial charge on any atom is -0.356 e. The lowest BCUT2D eigenvalue weighted by Gasteiger charge is -2.30. The van der Waals surface area contributed by atoms with Crippen molar-refractivity contribution < 1.29 is 13.2 Å². The molecule has 0 unspecified atom stereocenters. The van der Waals surface area contributed by atoms with Crippen molar-refractivity contribution in [3.63, 3.8) is 0 Å². The molecule has 7 nitrogen and oxygen atoms in total. The Labute approximate surface area is 184 Å². The molecule has 8 heteroatoms. The molecule has 0 aliphatic carbocycles. The number of H-pyrrole nitrogens is 1. The molecule has 0 bridgehead atoms. The molecule has 2 N–H and O–H groups in total. The van der Waals surface area contributed by atoms with Crippen molar-refractivity contribution in [1.82, 2.24) is 14.2 Å². The van der Waals surface area contributed by atoms with Gasteiger partial charge in [0, 0.05) is 31.5 Å². The highest BCUT2D eigenvalue weighted by Gasteiger charge is 2.27. The first kappa shape index (κ1) is 22.0. The van der Waals surface area contributed by atoms with E-state index in [1.807, 2.05) is 24.3 Å². The third-order valence-corrected chi connectivity index (χ3v) is 8.22. The summed E-state index contributed by atoms with van der Waals surface area (Å²) in [5, 5.41) is 2.85. The largest absolute Gasteiger partial charge is 0.356 e. The van der Waals surface area contributed by atoms with Gasteiger partial charge in [0.05, 0.1) is 0 Å². The van der Waals surface area contributed by atoms with Crippen LogP contribution in [0.3, 0.4) is 0 Å². The molecule has 1 aromatic carbocycles. The van der Waals surface area contributed by atoms with Crippen LogP contribution in [0.4, 0.5) is 5.69 Å². The minimum absolute atomic E-state index is 0.144. The summed E-state index contributed by atoms with van der Waals surface area (Å²) in [6.45, 7) is 6.58. The van der Waals surface area contributed by atoms with Crippen LogP contribution in [-0.2, 0) is 16.6 Å². The van der Waals surface area contributed by atoms with Gasteiger partial charge in [0.25, 0.3) is 5.91 Å². The molecule has 1 amide bonds. The van der Waals surface area contributed by atoms with Crippen LogP contribution >= 0.6 is 0 Å². The topological polar surface area (TPSA) is 85.5 Å². The number of carbonyl (C=O) groups excluding carboxylic acids is 1. The molecular formula is C23H32N4O3S. The van der Waals surface area contributed by atoms with Crippen molar-refractivity contribution >= 4 is 21.6 Å². The molecule has 4 rings (SSSR count). The highest BCUT2D eigenvalue weighted by molar-refractivity contribution is 7.89. The maximum Gasteiger partial charge on any atom is 0.272 e. The van der Waals surface area contributed by atoms with E-state index in [1.54, 1.807) is 0 Å². The van der Waals surface area contributed by atoms with Gasteiger partial charge in [-0.1, -0.05) is 25.5 Å². The number of anilines is 1. The number of piperidine rings is 2. The first-order valence-corrected chi connectivity index (χ1v) is 12.7. The van der Waals surface area contributed by atoms with Crippen LogP contribution < -0.4 is 5.32 Å². The highest BCUT2D eigenvalue weighted by atomic mass is 32.2. The number of nitrogens with zero attached hydrogens (tertiary/aromatic N) is 2. The van der Waals surface area contributed by atoms with E-state index in [1.165, 1.54) is 35.0 Å². The number of carbonyl (C=O) groups is 1. The molecule has 2 aromatic rings. The van der Waals surface area contributed by atoms with Crippen LogP contribution in [-0.4, -0.2) is 54.7 Å². The van der Waals surface area contributed by atoms with Gasteiger partial charge in [0.15, 0.2) is 0 Å². The Balaban J connectivity index is 1.35. The molecule has 2 aliphatic heterocycles. The van der Waals surface area contributed by atoms with Crippen LogP contribution in [0, 0.1) is 5.92 Å². The van der Waals surface area contributed by atoms with Crippen molar-refractivity contribution in [2.45, 2.75) is 50.5 Å². The number of likely N-dealkylation sites (tertiary alicyclic amines) is 1. The standard InChI is InChI=1S/C23H32N4O3S/c1-18-9-13-26(14-10-18)17-19-5-7-20(8-6-19)25-23(28)22-15-21(16-24-22)31(29,30)27-11-3-2-4-12-27/h5-8,15-16,18,24H,2-4,9-14,17H2,1H3,(H,25,28). The van der Waals surface area contributed by atoms with Gasteiger partial charge < -0.3 is 10.3 Å². The zero-order valence-electron chi connectivity index (χ0n) is 18.1. The van der Waals surface area contributed by atoms with Crippen molar-refractivity contribution in [2.24, 2.45) is 5.92 Å². The van der Waals surface area contributed by atoms with E-state index in [0.29, 0.717) is 18.8 Å². The van der Waals surface area contributed by atoms with Gasteiger partial charge in [-0.25, -0.2) is 8.42 Å². The van der Waals surface area contributed by atoms with Crippen LogP contribution in [0.25, 0.3) is 0 Å². The number of sulfonamides is 1. The second-order valence-electron chi connectivity index (χ2n) is 8.82. The normalized spacial score (nSPS) is 19.4. The number of hydrogen-bond acceptors (Lipinski definition) is 4. The van der Waals surface area contributed by atoms with E-state index in [4.69, 9.17) is 0 Å². The Morgan fingerprint density at radius 3 is 2.42 bits per heavy atom. The van der Waals surface area contributed by atoms with Crippen LogP contribution in [0.15, 0.2) is 41.4 Å². The maximum atomic E-state index is 12.8. The minimum atomic E-state index is -3.55. The fourth-order valence-electron chi connectivity index (χ4n) is 4.28. The van der Waals surface area contributed by atoms with E-state index in [0.717, 1.165) is 44.8 Å². The summed E-state index contributed by atoms with van der Waals surface area (Å²) in [7, 11) is -3.55. The number of aromatic amines is 1. The van der Waals surface area contributed by atoms with Crippen LogP contribution in [0.2, 0.25) is 0 Å². The molecule has 2 aliphatic rings. The van der Waals surface area contributed by atoms with Crippen molar-refractivity contribution in [2.75, 3.05) is 31.5 Å².